The van der Waals surface area contributed by atoms with Gasteiger partial charge in [-0.15, -0.1) is 0 Å². The van der Waals surface area contributed by atoms with Crippen LogP contribution in [0.1, 0.15) is 52.4 Å². The fourth-order valence-corrected chi connectivity index (χ4v) is 2.69. The lowest BCUT2D eigenvalue weighted by Crippen LogP contribution is -2.33. The van der Waals surface area contributed by atoms with Crippen LogP contribution < -0.4 is 5.32 Å². The van der Waals surface area contributed by atoms with Gasteiger partial charge in [0.25, 0.3) is 0 Å². The summed E-state index contributed by atoms with van der Waals surface area (Å²) in [5, 5.41) is 3.51. The highest BCUT2D eigenvalue weighted by molar-refractivity contribution is 5.87. The second kappa shape index (κ2) is 8.30. The van der Waals surface area contributed by atoms with Gasteiger partial charge in [-0.25, -0.2) is 4.79 Å². The molecule has 1 aliphatic rings. The van der Waals surface area contributed by atoms with Gasteiger partial charge in [-0.05, 0) is 38.5 Å². The van der Waals surface area contributed by atoms with Gasteiger partial charge in [0.05, 0.1) is 7.11 Å². The molecule has 0 saturated heterocycles. The highest BCUT2D eigenvalue weighted by atomic mass is 16.5. The van der Waals surface area contributed by atoms with Crippen molar-refractivity contribution in [2.45, 2.75) is 58.4 Å². The van der Waals surface area contributed by atoms with Gasteiger partial charge >= 0.3 is 5.97 Å². The average molecular weight is 253 g/mol. The molecule has 1 fully saturated rings. The molecule has 3 nitrogen and oxygen atoms in total. The van der Waals surface area contributed by atoms with E-state index in [9.17, 15) is 4.79 Å². The third-order valence-electron chi connectivity index (χ3n) is 3.87. The number of carbonyl (C=O) groups is 1. The number of methoxy groups -OCH3 is 1. The lowest BCUT2D eigenvalue weighted by Gasteiger charge is -2.28. The van der Waals surface area contributed by atoms with Crippen molar-refractivity contribution in [3.63, 3.8) is 0 Å². The summed E-state index contributed by atoms with van der Waals surface area (Å²) in [5.41, 5.74) is 0.685. The molecule has 104 valence electrons. The van der Waals surface area contributed by atoms with E-state index in [1.807, 2.05) is 6.08 Å². The van der Waals surface area contributed by atoms with Crippen LogP contribution in [-0.4, -0.2) is 25.7 Å². The summed E-state index contributed by atoms with van der Waals surface area (Å²) in [7, 11) is 1.42. The molecule has 0 unspecified atom stereocenters. The number of nitrogens with one attached hydrogen (secondary N) is 1. The van der Waals surface area contributed by atoms with Gasteiger partial charge in [0.15, 0.2) is 0 Å². The van der Waals surface area contributed by atoms with Crippen LogP contribution in [0, 0.1) is 5.92 Å². The van der Waals surface area contributed by atoms with E-state index in [1.165, 1.54) is 45.6 Å². The van der Waals surface area contributed by atoms with Crippen LogP contribution in [-0.2, 0) is 9.53 Å². The summed E-state index contributed by atoms with van der Waals surface area (Å²) < 4.78 is 4.66. The number of rotatable bonds is 6. The summed E-state index contributed by atoms with van der Waals surface area (Å²) in [6.45, 7) is 4.83. The normalized spacial score (nSPS) is 24.9. The van der Waals surface area contributed by atoms with Crippen LogP contribution in [0.2, 0.25) is 0 Å². The van der Waals surface area contributed by atoms with E-state index in [-0.39, 0.29) is 5.97 Å². The molecule has 18 heavy (non-hydrogen) atoms. The molecule has 0 radical (unpaired) electrons. The molecule has 0 aromatic carbocycles. The molecular weight excluding hydrogens is 226 g/mol. The molecule has 1 saturated carbocycles. The molecule has 0 atom stereocenters. The van der Waals surface area contributed by atoms with Crippen LogP contribution in [0.4, 0.5) is 0 Å². The number of hydrogen-bond acceptors (Lipinski definition) is 3. The summed E-state index contributed by atoms with van der Waals surface area (Å²) in [4.78, 5) is 11.2. The molecule has 0 amide bonds. The van der Waals surface area contributed by atoms with Crippen molar-refractivity contribution in [2.75, 3.05) is 13.7 Å². The first-order chi connectivity index (χ1) is 8.67. The second-order valence-corrected chi connectivity index (χ2v) is 5.29. The second-order valence-electron chi connectivity index (χ2n) is 5.29. The Morgan fingerprint density at radius 3 is 2.56 bits per heavy atom. The van der Waals surface area contributed by atoms with Crippen molar-refractivity contribution in [3.8, 4) is 0 Å². The summed E-state index contributed by atoms with van der Waals surface area (Å²) in [5.74, 6) is 0.712. The quantitative estimate of drug-likeness (QED) is 0.584. The Balaban J connectivity index is 2.20. The fourth-order valence-electron chi connectivity index (χ4n) is 2.69. The number of ether oxygens (including phenoxy) is 1. The summed E-state index contributed by atoms with van der Waals surface area (Å²) >= 11 is 0. The number of hydrogen-bond donors (Lipinski definition) is 1. The fraction of sp³-hybridized carbons (Fsp3) is 0.800. The smallest absolute Gasteiger partial charge is 0.333 e. The van der Waals surface area contributed by atoms with Crippen molar-refractivity contribution in [3.05, 3.63) is 11.6 Å². The first kappa shape index (κ1) is 15.2. The zero-order valence-electron chi connectivity index (χ0n) is 12.0. The first-order valence-corrected chi connectivity index (χ1v) is 7.15. The van der Waals surface area contributed by atoms with Gasteiger partial charge in [0.1, 0.15) is 0 Å². The maximum Gasteiger partial charge on any atom is 0.333 e. The molecule has 0 heterocycles. The van der Waals surface area contributed by atoms with Crippen molar-refractivity contribution >= 4 is 5.97 Å². The molecule has 0 aromatic rings. The van der Waals surface area contributed by atoms with E-state index < -0.39 is 0 Å². The van der Waals surface area contributed by atoms with E-state index in [1.54, 1.807) is 6.92 Å². The van der Waals surface area contributed by atoms with Gasteiger partial charge in [-0.2, -0.15) is 0 Å². The van der Waals surface area contributed by atoms with Crippen molar-refractivity contribution in [2.24, 2.45) is 5.92 Å². The monoisotopic (exact) mass is 253 g/mol. The SMILES string of the molecule is CCCC1CCC(NC/C=C(/C)C(=O)OC)CC1. The highest BCUT2D eigenvalue weighted by Crippen LogP contribution is 2.27. The molecule has 0 aliphatic heterocycles. The Bertz CT molecular complexity index is 278. The minimum atomic E-state index is -0.233. The number of carbonyl (C=O) groups excluding carboxylic acids is 1. The molecule has 0 spiro atoms. The zero-order chi connectivity index (χ0) is 13.4. The predicted octanol–water partition coefficient (Wildman–Crippen LogP) is 3.05. The minimum absolute atomic E-state index is 0.233. The van der Waals surface area contributed by atoms with Gasteiger partial charge < -0.3 is 10.1 Å². The van der Waals surface area contributed by atoms with Crippen molar-refractivity contribution < 1.29 is 9.53 Å². The number of esters is 1. The van der Waals surface area contributed by atoms with E-state index >= 15 is 0 Å². The lowest BCUT2D eigenvalue weighted by molar-refractivity contribution is -0.136. The largest absolute Gasteiger partial charge is 0.466 e. The lowest BCUT2D eigenvalue weighted by atomic mass is 9.83. The van der Waals surface area contributed by atoms with Crippen LogP contribution in [0.5, 0.6) is 0 Å². The Hall–Kier alpha value is -0.830. The molecule has 1 N–H and O–H groups in total. The maximum atomic E-state index is 11.2. The van der Waals surface area contributed by atoms with Crippen molar-refractivity contribution in [1.82, 2.24) is 5.32 Å². The van der Waals surface area contributed by atoms with E-state index in [4.69, 9.17) is 0 Å². The third-order valence-corrected chi connectivity index (χ3v) is 3.87. The summed E-state index contributed by atoms with van der Waals surface area (Å²) in [6, 6.07) is 0.625. The average Bonchev–Trinajstić information content (AvgIpc) is 2.40. The topological polar surface area (TPSA) is 38.3 Å². The van der Waals surface area contributed by atoms with Gasteiger partial charge in [-0.1, -0.05) is 25.8 Å². The molecule has 0 aromatic heterocycles. The van der Waals surface area contributed by atoms with Crippen LogP contribution in [0.3, 0.4) is 0 Å². The highest BCUT2D eigenvalue weighted by Gasteiger charge is 2.19. The zero-order valence-corrected chi connectivity index (χ0v) is 12.0. The molecule has 3 heteroatoms. The van der Waals surface area contributed by atoms with Gasteiger partial charge in [0, 0.05) is 18.2 Å². The molecule has 1 rings (SSSR count). The standard InChI is InChI=1S/C15H27NO2/c1-4-5-13-6-8-14(9-7-13)16-11-10-12(2)15(17)18-3/h10,13-14,16H,4-9,11H2,1-3H3/b12-10-. The van der Waals surface area contributed by atoms with Crippen LogP contribution in [0.25, 0.3) is 0 Å². The summed E-state index contributed by atoms with van der Waals surface area (Å²) in [6.07, 6.45) is 9.86. The van der Waals surface area contributed by atoms with E-state index in [0.717, 1.165) is 12.5 Å². The molecule has 0 bridgehead atoms. The molecule has 1 aliphatic carbocycles. The van der Waals surface area contributed by atoms with E-state index in [2.05, 4.69) is 17.0 Å². The Kier molecular flexibility index (Phi) is 7.02. The molecular formula is C15H27NO2. The Morgan fingerprint density at radius 2 is 2.00 bits per heavy atom. The van der Waals surface area contributed by atoms with Crippen LogP contribution in [0.15, 0.2) is 11.6 Å². The van der Waals surface area contributed by atoms with Crippen molar-refractivity contribution in [1.29, 1.82) is 0 Å². The Labute approximate surface area is 111 Å². The van der Waals surface area contributed by atoms with E-state index in [0.29, 0.717) is 11.6 Å². The minimum Gasteiger partial charge on any atom is -0.466 e. The first-order valence-electron chi connectivity index (χ1n) is 7.15. The maximum absolute atomic E-state index is 11.2. The van der Waals surface area contributed by atoms with Gasteiger partial charge in [0.2, 0.25) is 0 Å². The van der Waals surface area contributed by atoms with Gasteiger partial charge in [-0.3, -0.25) is 0 Å². The van der Waals surface area contributed by atoms with Crippen LogP contribution >= 0.6 is 0 Å². The third kappa shape index (κ3) is 5.21. The predicted molar refractivity (Wildman–Crippen MR) is 74.4 cm³/mol. The Morgan fingerprint density at radius 1 is 1.33 bits per heavy atom.